The molecule has 3 heterocycles. The monoisotopic (exact) mass is 402 g/mol. The quantitative estimate of drug-likeness (QED) is 0.615. The maximum Gasteiger partial charge on any atom is 0.324 e. The van der Waals surface area contributed by atoms with Gasteiger partial charge in [-0.1, -0.05) is 12.1 Å². The first-order valence-corrected chi connectivity index (χ1v) is 9.88. The van der Waals surface area contributed by atoms with Crippen LogP contribution in [0.3, 0.4) is 0 Å². The summed E-state index contributed by atoms with van der Waals surface area (Å²) in [6, 6.07) is 7.53. The van der Waals surface area contributed by atoms with Gasteiger partial charge in [0.1, 0.15) is 11.4 Å². The molecule has 2 atom stereocenters. The molecule has 1 N–H and O–H groups in total. The number of nitrogens with one attached hydrogen (secondary N) is 1. The molecule has 0 saturated carbocycles. The number of nitrogens with zero attached hydrogens (tertiary/aromatic N) is 1. The summed E-state index contributed by atoms with van der Waals surface area (Å²) in [7, 11) is 1.61. The Morgan fingerprint density at radius 2 is 1.82 bits per heavy atom. The normalized spacial score (nSPS) is 28.3. The van der Waals surface area contributed by atoms with Gasteiger partial charge >= 0.3 is 11.9 Å². The zero-order valence-corrected chi connectivity index (χ0v) is 17.0. The summed E-state index contributed by atoms with van der Waals surface area (Å²) in [4.78, 5) is 29.8. The maximum absolute atomic E-state index is 12.7. The van der Waals surface area contributed by atoms with Crippen LogP contribution in [0.5, 0.6) is 5.75 Å². The average Bonchev–Trinajstić information content (AvgIpc) is 3.25. The van der Waals surface area contributed by atoms with Crippen molar-refractivity contribution in [3.05, 3.63) is 35.3 Å². The van der Waals surface area contributed by atoms with E-state index in [9.17, 15) is 9.59 Å². The lowest BCUT2D eigenvalue weighted by atomic mass is 9.75. The van der Waals surface area contributed by atoms with Gasteiger partial charge in [0.15, 0.2) is 16.1 Å². The zero-order valence-electron chi connectivity index (χ0n) is 16.2. The number of aromatic nitrogens is 1. The average molecular weight is 402 g/mol. The second-order valence-corrected chi connectivity index (χ2v) is 8.93. The number of carbonyl (C=O) groups is 2. The molecular weight excluding hydrogens is 380 g/mol. The van der Waals surface area contributed by atoms with Crippen molar-refractivity contribution < 1.29 is 23.8 Å². The summed E-state index contributed by atoms with van der Waals surface area (Å²) in [6.07, 6.45) is 0.530. The number of para-hydroxylation sites is 2. The molecule has 28 heavy (non-hydrogen) atoms. The third kappa shape index (κ3) is 2.92. The van der Waals surface area contributed by atoms with Crippen LogP contribution in [-0.2, 0) is 24.7 Å². The van der Waals surface area contributed by atoms with E-state index in [1.54, 1.807) is 27.9 Å². The smallest absolute Gasteiger partial charge is 0.324 e. The largest absolute Gasteiger partial charge is 0.495 e. The number of hydrogen-bond donors (Lipinski definition) is 1. The first-order valence-electron chi connectivity index (χ1n) is 9.00. The Labute approximate surface area is 167 Å². The summed E-state index contributed by atoms with van der Waals surface area (Å²) in [5.74, 6) is -0.334. The van der Waals surface area contributed by atoms with Crippen LogP contribution in [0.2, 0.25) is 0 Å². The number of methoxy groups -OCH3 is 1. The Hall–Kier alpha value is -2.61. The topological polar surface area (TPSA) is 86.8 Å². The molecule has 8 heteroatoms. The van der Waals surface area contributed by atoms with Crippen LogP contribution in [-0.4, -0.2) is 29.6 Å². The highest BCUT2D eigenvalue weighted by Crippen LogP contribution is 2.54. The van der Waals surface area contributed by atoms with Gasteiger partial charge in [0.25, 0.3) is 0 Å². The van der Waals surface area contributed by atoms with Crippen LogP contribution in [0.15, 0.2) is 29.6 Å². The molecule has 0 radical (unpaired) electrons. The molecule has 2 aliphatic rings. The van der Waals surface area contributed by atoms with Crippen molar-refractivity contribution in [1.82, 2.24) is 4.98 Å². The van der Waals surface area contributed by atoms with E-state index < -0.39 is 28.6 Å². The fourth-order valence-corrected chi connectivity index (χ4v) is 4.89. The molecule has 2 aliphatic heterocycles. The molecule has 1 spiro atoms. The van der Waals surface area contributed by atoms with Gasteiger partial charge in [0.2, 0.25) is 0 Å². The molecule has 4 rings (SSSR count). The summed E-state index contributed by atoms with van der Waals surface area (Å²) in [6.45, 7) is 5.40. The summed E-state index contributed by atoms with van der Waals surface area (Å²) >= 11 is 1.40. The molecule has 0 aliphatic carbocycles. The number of ether oxygens (including phenoxy) is 3. The first kappa shape index (κ1) is 18.7. The van der Waals surface area contributed by atoms with Gasteiger partial charge in [-0.25, -0.2) is 4.98 Å². The van der Waals surface area contributed by atoms with Gasteiger partial charge in [0, 0.05) is 18.2 Å². The fourth-order valence-electron chi connectivity index (χ4n) is 4.04. The maximum atomic E-state index is 12.7. The molecule has 0 unspecified atom stereocenters. The van der Waals surface area contributed by atoms with E-state index in [-0.39, 0.29) is 6.42 Å². The van der Waals surface area contributed by atoms with Gasteiger partial charge in [-0.15, -0.1) is 11.3 Å². The molecule has 2 fully saturated rings. The minimum Gasteiger partial charge on any atom is -0.495 e. The predicted octanol–water partition coefficient (Wildman–Crippen LogP) is 3.77. The standard InChI is InChI=1S/C20H22N2O5S/c1-18(2)10-20(15(23)26-18)11-19(3,27-16(20)24)14-9-28-17(22-14)21-12-7-5-6-8-13(12)25-4/h5-9H,10-11H2,1-4H3,(H,21,22)/t19-,20-/m0/s1. The second kappa shape index (κ2) is 6.20. The van der Waals surface area contributed by atoms with E-state index >= 15 is 0 Å². The lowest BCUT2D eigenvalue weighted by Gasteiger charge is -2.21. The summed E-state index contributed by atoms with van der Waals surface area (Å²) in [5, 5.41) is 5.72. The van der Waals surface area contributed by atoms with Crippen molar-refractivity contribution in [2.24, 2.45) is 5.41 Å². The molecule has 148 valence electrons. The van der Waals surface area contributed by atoms with Crippen molar-refractivity contribution >= 4 is 34.1 Å². The van der Waals surface area contributed by atoms with Crippen molar-refractivity contribution in [3.8, 4) is 5.75 Å². The fraction of sp³-hybridized carbons (Fsp3) is 0.450. The van der Waals surface area contributed by atoms with Crippen molar-refractivity contribution in [1.29, 1.82) is 0 Å². The van der Waals surface area contributed by atoms with Gasteiger partial charge in [-0.2, -0.15) is 0 Å². The number of rotatable bonds is 4. The van der Waals surface area contributed by atoms with Gasteiger partial charge in [-0.05, 0) is 32.9 Å². The predicted molar refractivity (Wildman–Crippen MR) is 104 cm³/mol. The molecule has 1 aromatic heterocycles. The van der Waals surface area contributed by atoms with Gasteiger partial charge < -0.3 is 19.5 Å². The number of thiazole rings is 1. The van der Waals surface area contributed by atoms with Crippen LogP contribution in [0.25, 0.3) is 0 Å². The molecule has 2 aromatic rings. The number of carbonyl (C=O) groups excluding carboxylic acids is 2. The van der Waals surface area contributed by atoms with Gasteiger partial charge in [0.05, 0.1) is 18.5 Å². The van der Waals surface area contributed by atoms with Gasteiger partial charge in [-0.3, -0.25) is 9.59 Å². The van der Waals surface area contributed by atoms with Crippen LogP contribution < -0.4 is 10.1 Å². The molecule has 0 bridgehead atoms. The molecule has 1 aromatic carbocycles. The third-order valence-corrected chi connectivity index (χ3v) is 5.99. The Kier molecular flexibility index (Phi) is 4.15. The Bertz CT molecular complexity index is 956. The number of esters is 2. The summed E-state index contributed by atoms with van der Waals surface area (Å²) < 4.78 is 16.5. The molecule has 7 nitrogen and oxygen atoms in total. The molecule has 0 amide bonds. The second-order valence-electron chi connectivity index (χ2n) is 8.07. The summed E-state index contributed by atoms with van der Waals surface area (Å²) in [5.41, 5.74) is -1.51. The lowest BCUT2D eigenvalue weighted by molar-refractivity contribution is -0.161. The van der Waals surface area contributed by atoms with E-state index in [1.165, 1.54) is 11.3 Å². The minimum atomic E-state index is -1.25. The Balaban J connectivity index is 1.59. The van der Waals surface area contributed by atoms with Crippen LogP contribution in [0.4, 0.5) is 10.8 Å². The first-order chi connectivity index (χ1) is 13.2. The lowest BCUT2D eigenvalue weighted by Crippen LogP contribution is -2.32. The van der Waals surface area contributed by atoms with Crippen molar-refractivity contribution in [3.63, 3.8) is 0 Å². The third-order valence-electron chi connectivity index (χ3n) is 5.23. The Morgan fingerprint density at radius 1 is 1.11 bits per heavy atom. The number of anilines is 2. The Morgan fingerprint density at radius 3 is 2.50 bits per heavy atom. The molecule has 2 saturated heterocycles. The molecular formula is C20H22N2O5S. The highest BCUT2D eigenvalue weighted by Gasteiger charge is 2.67. The SMILES string of the molecule is COc1ccccc1Nc1nc([C@]2(C)C[C@]3(CC(C)(C)OC3=O)C(=O)O2)cs1. The zero-order chi connectivity index (χ0) is 20.2. The highest BCUT2D eigenvalue weighted by atomic mass is 32.1. The van der Waals surface area contributed by atoms with E-state index in [4.69, 9.17) is 14.2 Å². The minimum absolute atomic E-state index is 0.221. The van der Waals surface area contributed by atoms with Crippen molar-refractivity contribution in [2.75, 3.05) is 12.4 Å². The number of hydrogen-bond acceptors (Lipinski definition) is 8. The van der Waals surface area contributed by atoms with Crippen LogP contribution in [0.1, 0.15) is 39.3 Å². The van der Waals surface area contributed by atoms with Crippen molar-refractivity contribution in [2.45, 2.75) is 44.8 Å². The highest BCUT2D eigenvalue weighted by molar-refractivity contribution is 7.13. The van der Waals surface area contributed by atoms with Crippen LogP contribution in [0, 0.1) is 5.41 Å². The van der Waals surface area contributed by atoms with E-state index in [0.29, 0.717) is 23.0 Å². The van der Waals surface area contributed by atoms with E-state index in [2.05, 4.69) is 10.3 Å². The van der Waals surface area contributed by atoms with E-state index in [0.717, 1.165) is 5.69 Å². The van der Waals surface area contributed by atoms with E-state index in [1.807, 2.05) is 29.6 Å². The number of benzene rings is 1. The van der Waals surface area contributed by atoms with Crippen LogP contribution >= 0.6 is 11.3 Å². The number of cyclic esters (lactones) is 2.